The van der Waals surface area contributed by atoms with Gasteiger partial charge in [0.1, 0.15) is 0 Å². The Labute approximate surface area is 131 Å². The standard InChI is InChI=1S/C17H21Cl2N/c18-12-2-5-14(15(19)8-12)17(11-20-13-3-4-13)9-16(10-17)6-1-7-16/h2,5,8,13,20H,1,3-4,6-7,9-11H2. The Morgan fingerprint density at radius 2 is 1.90 bits per heavy atom. The summed E-state index contributed by atoms with van der Waals surface area (Å²) in [6.07, 6.45) is 9.56. The summed E-state index contributed by atoms with van der Waals surface area (Å²) >= 11 is 12.6. The first kappa shape index (κ1) is 13.4. The molecule has 0 aromatic heterocycles. The third-order valence-electron chi connectivity index (χ3n) is 5.65. The van der Waals surface area contributed by atoms with Gasteiger partial charge in [0.15, 0.2) is 0 Å². The maximum atomic E-state index is 6.50. The molecule has 1 spiro atoms. The molecule has 3 saturated carbocycles. The number of hydrogen-bond acceptors (Lipinski definition) is 1. The van der Waals surface area contributed by atoms with Crippen LogP contribution in [-0.2, 0) is 5.41 Å². The Balaban J connectivity index is 1.60. The molecular weight excluding hydrogens is 289 g/mol. The van der Waals surface area contributed by atoms with Crippen LogP contribution in [0.1, 0.15) is 50.5 Å². The Morgan fingerprint density at radius 1 is 1.15 bits per heavy atom. The van der Waals surface area contributed by atoms with Crippen LogP contribution in [0.5, 0.6) is 0 Å². The van der Waals surface area contributed by atoms with Gasteiger partial charge in [-0.05, 0) is 61.6 Å². The SMILES string of the molecule is Clc1ccc(C2(CNC3CC3)CC3(CCC3)C2)c(Cl)c1. The molecule has 0 unspecified atom stereocenters. The van der Waals surface area contributed by atoms with Gasteiger partial charge in [-0.2, -0.15) is 0 Å². The van der Waals surface area contributed by atoms with Gasteiger partial charge in [0.2, 0.25) is 0 Å². The van der Waals surface area contributed by atoms with Crippen LogP contribution >= 0.6 is 23.2 Å². The highest BCUT2D eigenvalue weighted by atomic mass is 35.5. The van der Waals surface area contributed by atoms with Gasteiger partial charge in [-0.1, -0.05) is 35.7 Å². The summed E-state index contributed by atoms with van der Waals surface area (Å²) in [6.45, 7) is 1.08. The fourth-order valence-corrected chi connectivity index (χ4v) is 4.98. The minimum absolute atomic E-state index is 0.255. The molecular formula is C17H21Cl2N. The second-order valence-electron chi connectivity index (χ2n) is 7.27. The van der Waals surface area contributed by atoms with E-state index in [-0.39, 0.29) is 5.41 Å². The largest absolute Gasteiger partial charge is 0.313 e. The third-order valence-corrected chi connectivity index (χ3v) is 6.20. The topological polar surface area (TPSA) is 12.0 Å². The average Bonchev–Trinajstić information content (AvgIpc) is 3.11. The van der Waals surface area contributed by atoms with E-state index in [1.165, 1.54) is 50.5 Å². The highest BCUT2D eigenvalue weighted by molar-refractivity contribution is 6.35. The predicted octanol–water partition coefficient (Wildman–Crippen LogP) is 4.95. The molecule has 108 valence electrons. The highest BCUT2D eigenvalue weighted by Gasteiger charge is 2.58. The van der Waals surface area contributed by atoms with Crippen molar-refractivity contribution in [2.75, 3.05) is 6.54 Å². The molecule has 1 nitrogen and oxygen atoms in total. The molecule has 0 saturated heterocycles. The van der Waals surface area contributed by atoms with Gasteiger partial charge in [-0.3, -0.25) is 0 Å². The first-order valence-corrected chi connectivity index (χ1v) is 8.56. The predicted molar refractivity (Wildman–Crippen MR) is 84.7 cm³/mol. The quantitative estimate of drug-likeness (QED) is 0.830. The van der Waals surface area contributed by atoms with Crippen LogP contribution in [0.25, 0.3) is 0 Å². The smallest absolute Gasteiger partial charge is 0.0458 e. The maximum absolute atomic E-state index is 6.50. The highest BCUT2D eigenvalue weighted by Crippen LogP contribution is 2.65. The van der Waals surface area contributed by atoms with Crippen LogP contribution in [0, 0.1) is 5.41 Å². The van der Waals surface area contributed by atoms with Crippen LogP contribution in [0.4, 0.5) is 0 Å². The summed E-state index contributed by atoms with van der Waals surface area (Å²) in [6, 6.07) is 6.82. The summed E-state index contributed by atoms with van der Waals surface area (Å²) in [5.41, 5.74) is 2.22. The fraction of sp³-hybridized carbons (Fsp3) is 0.647. The van der Waals surface area contributed by atoms with E-state index in [0.717, 1.165) is 22.6 Å². The van der Waals surface area contributed by atoms with Crippen LogP contribution in [-0.4, -0.2) is 12.6 Å². The number of halogens is 2. The average molecular weight is 310 g/mol. The van der Waals surface area contributed by atoms with Crippen molar-refractivity contribution in [1.29, 1.82) is 0 Å². The monoisotopic (exact) mass is 309 g/mol. The van der Waals surface area contributed by atoms with Crippen LogP contribution in [0.15, 0.2) is 18.2 Å². The first-order valence-electron chi connectivity index (χ1n) is 7.80. The van der Waals surface area contributed by atoms with E-state index in [0.29, 0.717) is 5.41 Å². The normalized spacial score (nSPS) is 26.1. The van der Waals surface area contributed by atoms with Gasteiger partial charge >= 0.3 is 0 Å². The summed E-state index contributed by atoms with van der Waals surface area (Å²) in [5.74, 6) is 0. The van der Waals surface area contributed by atoms with Crippen molar-refractivity contribution >= 4 is 23.2 Å². The van der Waals surface area contributed by atoms with Crippen molar-refractivity contribution in [1.82, 2.24) is 5.32 Å². The minimum atomic E-state index is 0.255. The van der Waals surface area contributed by atoms with Crippen molar-refractivity contribution in [3.8, 4) is 0 Å². The maximum Gasteiger partial charge on any atom is 0.0458 e. The van der Waals surface area contributed by atoms with Crippen molar-refractivity contribution in [2.24, 2.45) is 5.41 Å². The fourth-order valence-electron chi connectivity index (χ4n) is 4.37. The summed E-state index contributed by atoms with van der Waals surface area (Å²) < 4.78 is 0. The molecule has 3 fully saturated rings. The number of rotatable bonds is 4. The molecule has 0 heterocycles. The lowest BCUT2D eigenvalue weighted by Gasteiger charge is -2.62. The molecule has 0 bridgehead atoms. The number of hydrogen-bond donors (Lipinski definition) is 1. The molecule has 0 radical (unpaired) electrons. The van der Waals surface area contributed by atoms with Gasteiger partial charge in [-0.25, -0.2) is 0 Å². The molecule has 0 aliphatic heterocycles. The van der Waals surface area contributed by atoms with Gasteiger partial charge in [0.25, 0.3) is 0 Å². The zero-order chi connectivity index (χ0) is 13.8. The molecule has 1 aromatic carbocycles. The van der Waals surface area contributed by atoms with E-state index in [1.807, 2.05) is 12.1 Å². The lowest BCUT2D eigenvalue weighted by Crippen LogP contribution is -2.57. The van der Waals surface area contributed by atoms with E-state index >= 15 is 0 Å². The van der Waals surface area contributed by atoms with Crippen molar-refractivity contribution in [2.45, 2.75) is 56.4 Å². The van der Waals surface area contributed by atoms with Gasteiger partial charge in [0, 0.05) is 28.0 Å². The van der Waals surface area contributed by atoms with Crippen molar-refractivity contribution < 1.29 is 0 Å². The van der Waals surface area contributed by atoms with Crippen LogP contribution in [0.2, 0.25) is 10.0 Å². The van der Waals surface area contributed by atoms with Crippen LogP contribution < -0.4 is 5.32 Å². The molecule has 3 heteroatoms. The van der Waals surface area contributed by atoms with Crippen molar-refractivity contribution in [3.63, 3.8) is 0 Å². The molecule has 1 aromatic rings. The lowest BCUT2D eigenvalue weighted by molar-refractivity contribution is -0.0483. The second-order valence-corrected chi connectivity index (χ2v) is 8.11. The van der Waals surface area contributed by atoms with E-state index in [4.69, 9.17) is 23.2 Å². The van der Waals surface area contributed by atoms with E-state index in [9.17, 15) is 0 Å². The van der Waals surface area contributed by atoms with E-state index in [1.54, 1.807) is 0 Å². The Bertz CT molecular complexity index is 524. The molecule has 0 atom stereocenters. The first-order chi connectivity index (χ1) is 9.61. The summed E-state index contributed by atoms with van der Waals surface area (Å²) in [7, 11) is 0. The molecule has 20 heavy (non-hydrogen) atoms. The molecule has 1 N–H and O–H groups in total. The Morgan fingerprint density at radius 3 is 2.45 bits per heavy atom. The lowest BCUT2D eigenvalue weighted by atomic mass is 9.43. The zero-order valence-corrected chi connectivity index (χ0v) is 13.2. The van der Waals surface area contributed by atoms with Gasteiger partial charge < -0.3 is 5.32 Å². The van der Waals surface area contributed by atoms with E-state index < -0.39 is 0 Å². The summed E-state index contributed by atoms with van der Waals surface area (Å²) in [5, 5.41) is 5.32. The molecule has 4 rings (SSSR count). The van der Waals surface area contributed by atoms with Crippen LogP contribution in [0.3, 0.4) is 0 Å². The number of benzene rings is 1. The molecule has 3 aliphatic carbocycles. The number of nitrogens with one attached hydrogen (secondary N) is 1. The molecule has 0 amide bonds. The second kappa shape index (κ2) is 4.63. The van der Waals surface area contributed by atoms with E-state index in [2.05, 4.69) is 11.4 Å². The van der Waals surface area contributed by atoms with Gasteiger partial charge in [-0.15, -0.1) is 0 Å². The van der Waals surface area contributed by atoms with Gasteiger partial charge in [0.05, 0.1) is 0 Å². The van der Waals surface area contributed by atoms with Crippen molar-refractivity contribution in [3.05, 3.63) is 33.8 Å². The molecule has 3 aliphatic rings. The third kappa shape index (κ3) is 2.19. The summed E-state index contributed by atoms with van der Waals surface area (Å²) in [4.78, 5) is 0. The Kier molecular flexibility index (Phi) is 3.11. The Hall–Kier alpha value is -0.240. The zero-order valence-electron chi connectivity index (χ0n) is 11.7. The minimum Gasteiger partial charge on any atom is -0.313 e.